The Labute approximate surface area is 147 Å². The molecule has 0 radical (unpaired) electrons. The highest BCUT2D eigenvalue weighted by molar-refractivity contribution is 6.11. The van der Waals surface area contributed by atoms with Crippen LogP contribution in [0, 0.1) is 0 Å². The second-order valence-corrected chi connectivity index (χ2v) is 5.29. The third-order valence-corrected chi connectivity index (χ3v) is 3.61. The van der Waals surface area contributed by atoms with Crippen molar-refractivity contribution in [2.75, 3.05) is 26.1 Å². The van der Waals surface area contributed by atoms with Crippen LogP contribution in [0.5, 0.6) is 11.5 Å². The first-order chi connectivity index (χ1) is 12.1. The molecule has 2 aromatic rings. The molecule has 2 rings (SSSR count). The molecule has 0 heterocycles. The van der Waals surface area contributed by atoms with E-state index in [-0.39, 0.29) is 11.5 Å². The molecule has 0 aliphatic rings. The third-order valence-electron chi connectivity index (χ3n) is 3.61. The van der Waals surface area contributed by atoms with E-state index in [2.05, 4.69) is 10.6 Å². The van der Waals surface area contributed by atoms with Gasteiger partial charge in [-0.2, -0.15) is 0 Å². The zero-order valence-corrected chi connectivity index (χ0v) is 14.6. The average molecular weight is 342 g/mol. The first-order valence-electron chi connectivity index (χ1n) is 8.02. The van der Waals surface area contributed by atoms with Gasteiger partial charge < -0.3 is 20.1 Å². The molecular formula is C19H22N2O4. The summed E-state index contributed by atoms with van der Waals surface area (Å²) in [6, 6.07) is 11.9. The summed E-state index contributed by atoms with van der Waals surface area (Å²) in [6.07, 6.45) is 0.832. The van der Waals surface area contributed by atoms with E-state index >= 15 is 0 Å². The maximum atomic E-state index is 12.8. The van der Waals surface area contributed by atoms with Gasteiger partial charge in [0.05, 0.1) is 25.5 Å². The molecule has 0 unspecified atom stereocenters. The Kier molecular flexibility index (Phi) is 6.39. The van der Waals surface area contributed by atoms with E-state index in [4.69, 9.17) is 9.47 Å². The van der Waals surface area contributed by atoms with Gasteiger partial charge in [-0.25, -0.2) is 0 Å². The number of carbonyl (C=O) groups excluding carboxylic acids is 2. The van der Waals surface area contributed by atoms with Gasteiger partial charge in [0.2, 0.25) is 0 Å². The largest absolute Gasteiger partial charge is 0.496 e. The van der Waals surface area contributed by atoms with Gasteiger partial charge in [-0.15, -0.1) is 0 Å². The van der Waals surface area contributed by atoms with E-state index < -0.39 is 5.91 Å². The minimum atomic E-state index is -0.412. The molecule has 0 atom stereocenters. The molecule has 2 N–H and O–H groups in total. The SMILES string of the molecule is CCCNC(=O)c1ccccc1NC(=O)c1c(OC)cccc1OC. The van der Waals surface area contributed by atoms with Gasteiger partial charge in [-0.1, -0.05) is 25.1 Å². The van der Waals surface area contributed by atoms with Crippen molar-refractivity contribution in [1.82, 2.24) is 5.32 Å². The molecule has 25 heavy (non-hydrogen) atoms. The minimum Gasteiger partial charge on any atom is -0.496 e. The lowest BCUT2D eigenvalue weighted by molar-refractivity contribution is 0.0954. The summed E-state index contributed by atoms with van der Waals surface area (Å²) in [5, 5.41) is 5.58. The molecule has 0 aliphatic carbocycles. The maximum Gasteiger partial charge on any atom is 0.263 e. The number of hydrogen-bond donors (Lipinski definition) is 2. The van der Waals surface area contributed by atoms with Crippen LogP contribution in [0.3, 0.4) is 0 Å². The molecule has 0 spiro atoms. The van der Waals surface area contributed by atoms with Crippen molar-refractivity contribution in [1.29, 1.82) is 0 Å². The summed E-state index contributed by atoms with van der Waals surface area (Å²) in [7, 11) is 2.97. The van der Waals surface area contributed by atoms with Crippen LogP contribution in [-0.4, -0.2) is 32.6 Å². The first-order valence-corrected chi connectivity index (χ1v) is 8.02. The second kappa shape index (κ2) is 8.73. The number of nitrogens with one attached hydrogen (secondary N) is 2. The molecule has 2 aromatic carbocycles. The Balaban J connectivity index is 2.32. The van der Waals surface area contributed by atoms with Crippen molar-refractivity contribution in [2.24, 2.45) is 0 Å². The number of benzene rings is 2. The average Bonchev–Trinajstić information content (AvgIpc) is 2.65. The fourth-order valence-electron chi connectivity index (χ4n) is 2.38. The van der Waals surface area contributed by atoms with E-state index in [1.807, 2.05) is 6.92 Å². The Bertz CT molecular complexity index is 737. The molecule has 0 bridgehead atoms. The van der Waals surface area contributed by atoms with E-state index in [9.17, 15) is 9.59 Å². The summed E-state index contributed by atoms with van der Waals surface area (Å²) in [4.78, 5) is 25.0. The van der Waals surface area contributed by atoms with Crippen LogP contribution < -0.4 is 20.1 Å². The van der Waals surface area contributed by atoms with Crippen molar-refractivity contribution in [3.8, 4) is 11.5 Å². The first kappa shape index (κ1) is 18.3. The van der Waals surface area contributed by atoms with Crippen LogP contribution in [-0.2, 0) is 0 Å². The Hall–Kier alpha value is -3.02. The van der Waals surface area contributed by atoms with E-state index in [0.717, 1.165) is 6.42 Å². The number of hydrogen-bond acceptors (Lipinski definition) is 4. The van der Waals surface area contributed by atoms with Gasteiger partial charge in [0.25, 0.3) is 11.8 Å². The van der Waals surface area contributed by atoms with Gasteiger partial charge in [0, 0.05) is 6.54 Å². The summed E-state index contributed by atoms with van der Waals surface area (Å²) in [6.45, 7) is 2.55. The number of methoxy groups -OCH3 is 2. The Morgan fingerprint density at radius 2 is 1.56 bits per heavy atom. The summed E-state index contributed by atoms with van der Waals surface area (Å²) < 4.78 is 10.5. The molecule has 0 fully saturated rings. The number of carbonyl (C=O) groups is 2. The lowest BCUT2D eigenvalue weighted by Crippen LogP contribution is -2.26. The molecule has 0 saturated carbocycles. The smallest absolute Gasteiger partial charge is 0.263 e. The minimum absolute atomic E-state index is 0.232. The number of anilines is 1. The van der Waals surface area contributed by atoms with Crippen LogP contribution in [0.4, 0.5) is 5.69 Å². The van der Waals surface area contributed by atoms with Gasteiger partial charge >= 0.3 is 0 Å². The molecule has 2 amide bonds. The topological polar surface area (TPSA) is 76.7 Å². The fourth-order valence-corrected chi connectivity index (χ4v) is 2.38. The highest BCUT2D eigenvalue weighted by Crippen LogP contribution is 2.29. The molecule has 0 aliphatic heterocycles. The van der Waals surface area contributed by atoms with Crippen molar-refractivity contribution < 1.29 is 19.1 Å². The number of para-hydroxylation sites is 1. The number of rotatable bonds is 7. The highest BCUT2D eigenvalue weighted by Gasteiger charge is 2.20. The predicted octanol–water partition coefficient (Wildman–Crippen LogP) is 3.10. The van der Waals surface area contributed by atoms with Gasteiger partial charge in [0.15, 0.2) is 0 Å². The summed E-state index contributed by atoms with van der Waals surface area (Å²) in [5.74, 6) is 0.143. The predicted molar refractivity (Wildman–Crippen MR) is 96.6 cm³/mol. The van der Waals surface area contributed by atoms with Crippen LogP contribution in [0.15, 0.2) is 42.5 Å². The van der Waals surface area contributed by atoms with Crippen molar-refractivity contribution in [3.05, 3.63) is 53.6 Å². The molecular weight excluding hydrogens is 320 g/mol. The zero-order valence-electron chi connectivity index (χ0n) is 14.6. The highest BCUT2D eigenvalue weighted by atomic mass is 16.5. The van der Waals surface area contributed by atoms with Crippen LogP contribution >= 0.6 is 0 Å². The zero-order chi connectivity index (χ0) is 18.2. The van der Waals surface area contributed by atoms with E-state index in [1.54, 1.807) is 42.5 Å². The molecule has 0 saturated heterocycles. The van der Waals surface area contributed by atoms with Crippen LogP contribution in [0.2, 0.25) is 0 Å². The van der Waals surface area contributed by atoms with Crippen LogP contribution in [0.25, 0.3) is 0 Å². The van der Waals surface area contributed by atoms with E-state index in [0.29, 0.717) is 29.3 Å². The molecule has 132 valence electrons. The lowest BCUT2D eigenvalue weighted by atomic mass is 10.1. The van der Waals surface area contributed by atoms with Gasteiger partial charge in [-0.3, -0.25) is 9.59 Å². The summed E-state index contributed by atoms with van der Waals surface area (Å²) >= 11 is 0. The van der Waals surface area contributed by atoms with Crippen molar-refractivity contribution in [3.63, 3.8) is 0 Å². The quantitative estimate of drug-likeness (QED) is 0.811. The molecule has 0 aromatic heterocycles. The van der Waals surface area contributed by atoms with Gasteiger partial charge in [0.1, 0.15) is 17.1 Å². The van der Waals surface area contributed by atoms with Gasteiger partial charge in [-0.05, 0) is 30.7 Å². The van der Waals surface area contributed by atoms with Crippen LogP contribution in [0.1, 0.15) is 34.1 Å². The monoisotopic (exact) mass is 342 g/mol. The number of ether oxygens (including phenoxy) is 2. The summed E-state index contributed by atoms with van der Waals surface area (Å²) in [5.41, 5.74) is 1.10. The van der Waals surface area contributed by atoms with Crippen molar-refractivity contribution >= 4 is 17.5 Å². The fraction of sp³-hybridized carbons (Fsp3) is 0.263. The standard InChI is InChI=1S/C19H22N2O4/c1-4-12-20-18(22)13-8-5-6-9-14(13)21-19(23)17-15(24-2)10-7-11-16(17)25-3/h5-11H,4,12H2,1-3H3,(H,20,22)(H,21,23). The second-order valence-electron chi connectivity index (χ2n) is 5.29. The molecule has 6 heteroatoms. The normalized spacial score (nSPS) is 10.0. The van der Waals surface area contributed by atoms with E-state index in [1.165, 1.54) is 14.2 Å². The Morgan fingerprint density at radius 3 is 2.16 bits per heavy atom. The third kappa shape index (κ3) is 4.29. The lowest BCUT2D eigenvalue weighted by Gasteiger charge is -2.15. The Morgan fingerprint density at radius 1 is 0.920 bits per heavy atom. The maximum absolute atomic E-state index is 12.8. The van der Waals surface area contributed by atoms with Crippen molar-refractivity contribution in [2.45, 2.75) is 13.3 Å². The number of amides is 2. The molecule has 6 nitrogen and oxygen atoms in total.